The van der Waals surface area contributed by atoms with Crippen LogP contribution in [0, 0.1) is 5.41 Å². The van der Waals surface area contributed by atoms with Gasteiger partial charge in [-0.1, -0.05) is 50.0 Å². The van der Waals surface area contributed by atoms with Crippen molar-refractivity contribution in [3.05, 3.63) is 33.8 Å². The maximum Gasteiger partial charge on any atom is 0.225 e. The predicted molar refractivity (Wildman–Crippen MR) is 92.4 cm³/mol. The molecule has 22 heavy (non-hydrogen) atoms. The van der Waals surface area contributed by atoms with Crippen LogP contribution in [0.2, 0.25) is 10.0 Å². The van der Waals surface area contributed by atoms with E-state index in [1.54, 1.807) is 6.07 Å². The zero-order valence-electron chi connectivity index (χ0n) is 13.5. The average molecular weight is 343 g/mol. The van der Waals surface area contributed by atoms with Gasteiger partial charge < -0.3 is 5.32 Å². The molecule has 0 atom stereocenters. The van der Waals surface area contributed by atoms with Gasteiger partial charge in [-0.05, 0) is 30.5 Å². The Morgan fingerprint density at radius 1 is 1.27 bits per heavy atom. The van der Waals surface area contributed by atoms with Crippen molar-refractivity contribution < 1.29 is 4.79 Å². The molecule has 0 radical (unpaired) electrons. The van der Waals surface area contributed by atoms with Crippen molar-refractivity contribution in [2.45, 2.75) is 46.2 Å². The first-order valence-electron chi connectivity index (χ1n) is 7.73. The number of halogens is 2. The number of amides is 1. The second-order valence-electron chi connectivity index (χ2n) is 7.01. The maximum atomic E-state index is 12.0. The lowest BCUT2D eigenvalue weighted by Crippen LogP contribution is -2.47. The molecule has 1 amide bonds. The third kappa shape index (κ3) is 4.87. The Hall–Kier alpha value is -0.770. The molecule has 1 heterocycles. The number of hydrogen-bond acceptors (Lipinski definition) is 2. The molecule has 5 heteroatoms. The number of carbonyl (C=O) groups is 1. The highest BCUT2D eigenvalue weighted by Gasteiger charge is 2.26. The number of nitrogens with one attached hydrogen (secondary N) is 1. The lowest BCUT2D eigenvalue weighted by atomic mass is 9.94. The molecule has 1 aromatic rings. The molecular weight excluding hydrogens is 319 g/mol. The number of piperidine rings is 1. The normalized spacial score (nSPS) is 17.5. The number of nitrogens with zero attached hydrogens (tertiary/aromatic N) is 1. The van der Waals surface area contributed by atoms with Gasteiger partial charge in [-0.2, -0.15) is 0 Å². The Labute approximate surface area is 143 Å². The highest BCUT2D eigenvalue weighted by atomic mass is 35.5. The van der Waals surface area contributed by atoms with Crippen LogP contribution in [0.25, 0.3) is 0 Å². The second kappa shape index (κ2) is 7.20. The number of benzene rings is 1. The summed E-state index contributed by atoms with van der Waals surface area (Å²) in [5.74, 6) is 0.131. The van der Waals surface area contributed by atoms with Crippen molar-refractivity contribution >= 4 is 29.1 Å². The van der Waals surface area contributed by atoms with Gasteiger partial charge in [0.1, 0.15) is 0 Å². The smallest absolute Gasteiger partial charge is 0.225 e. The van der Waals surface area contributed by atoms with Crippen LogP contribution in [0.15, 0.2) is 18.2 Å². The molecule has 122 valence electrons. The van der Waals surface area contributed by atoms with Crippen LogP contribution in [0.3, 0.4) is 0 Å². The average Bonchev–Trinajstić information content (AvgIpc) is 2.43. The van der Waals surface area contributed by atoms with Crippen LogP contribution in [-0.2, 0) is 11.3 Å². The van der Waals surface area contributed by atoms with Crippen molar-refractivity contribution in [3.63, 3.8) is 0 Å². The van der Waals surface area contributed by atoms with Crippen molar-refractivity contribution in [2.75, 3.05) is 13.1 Å². The summed E-state index contributed by atoms with van der Waals surface area (Å²) in [5.41, 5.74) is 0.775. The van der Waals surface area contributed by atoms with Crippen molar-refractivity contribution in [2.24, 2.45) is 5.41 Å². The Balaban J connectivity index is 1.83. The fourth-order valence-electron chi connectivity index (χ4n) is 2.53. The maximum absolute atomic E-state index is 12.0. The Kier molecular flexibility index (Phi) is 5.76. The zero-order chi connectivity index (χ0) is 16.3. The quantitative estimate of drug-likeness (QED) is 0.895. The third-order valence-electron chi connectivity index (χ3n) is 4.01. The molecule has 1 aromatic carbocycles. The van der Waals surface area contributed by atoms with Crippen LogP contribution in [-0.4, -0.2) is 29.9 Å². The molecule has 0 spiro atoms. The van der Waals surface area contributed by atoms with E-state index in [-0.39, 0.29) is 17.4 Å². The van der Waals surface area contributed by atoms with Crippen LogP contribution >= 0.6 is 23.2 Å². The Morgan fingerprint density at radius 2 is 1.91 bits per heavy atom. The Bertz CT molecular complexity index is 532. The number of rotatable bonds is 3. The first-order chi connectivity index (χ1) is 10.3. The molecule has 0 aliphatic carbocycles. The molecule has 3 nitrogen and oxygen atoms in total. The molecule has 0 aromatic heterocycles. The van der Waals surface area contributed by atoms with E-state index in [1.165, 1.54) is 0 Å². The first-order valence-corrected chi connectivity index (χ1v) is 8.48. The molecule has 0 saturated carbocycles. The zero-order valence-corrected chi connectivity index (χ0v) is 15.0. The molecular formula is C17H24Cl2N2O. The summed E-state index contributed by atoms with van der Waals surface area (Å²) in [5, 5.41) is 4.54. The van der Waals surface area contributed by atoms with Crippen LogP contribution in [0.4, 0.5) is 0 Å². The summed E-state index contributed by atoms with van der Waals surface area (Å²) in [7, 11) is 0. The summed E-state index contributed by atoms with van der Waals surface area (Å²) < 4.78 is 0. The molecule has 0 unspecified atom stereocenters. The van der Waals surface area contributed by atoms with E-state index in [0.29, 0.717) is 5.02 Å². The minimum Gasteiger partial charge on any atom is -0.353 e. The fraction of sp³-hybridized carbons (Fsp3) is 0.588. The summed E-state index contributed by atoms with van der Waals surface area (Å²) in [6.45, 7) is 8.60. The monoisotopic (exact) mass is 342 g/mol. The van der Waals surface area contributed by atoms with Gasteiger partial charge in [0.25, 0.3) is 0 Å². The lowest BCUT2D eigenvalue weighted by molar-refractivity contribution is -0.129. The van der Waals surface area contributed by atoms with Gasteiger partial charge in [-0.3, -0.25) is 9.69 Å². The predicted octanol–water partition coefficient (Wildman–Crippen LogP) is 4.12. The molecule has 1 N–H and O–H groups in total. The van der Waals surface area contributed by atoms with E-state index in [9.17, 15) is 4.79 Å². The molecule has 2 rings (SSSR count). The highest BCUT2D eigenvalue weighted by molar-refractivity contribution is 6.35. The third-order valence-corrected chi connectivity index (χ3v) is 4.60. The van der Waals surface area contributed by atoms with Crippen molar-refractivity contribution in [1.29, 1.82) is 0 Å². The van der Waals surface area contributed by atoms with Crippen LogP contribution < -0.4 is 5.32 Å². The van der Waals surface area contributed by atoms with Gasteiger partial charge >= 0.3 is 0 Å². The van der Waals surface area contributed by atoms with E-state index >= 15 is 0 Å². The lowest BCUT2D eigenvalue weighted by Gasteiger charge is -2.33. The van der Waals surface area contributed by atoms with Crippen molar-refractivity contribution in [3.8, 4) is 0 Å². The van der Waals surface area contributed by atoms with Gasteiger partial charge in [-0.15, -0.1) is 0 Å². The van der Waals surface area contributed by atoms with E-state index < -0.39 is 0 Å². The fourth-order valence-corrected chi connectivity index (χ4v) is 3.00. The highest BCUT2D eigenvalue weighted by Crippen LogP contribution is 2.24. The number of likely N-dealkylation sites (tertiary alicyclic amines) is 1. The minimum absolute atomic E-state index is 0.131. The van der Waals surface area contributed by atoms with Gasteiger partial charge in [-0.25, -0.2) is 0 Å². The van der Waals surface area contributed by atoms with Crippen LogP contribution in [0.5, 0.6) is 0 Å². The second-order valence-corrected chi connectivity index (χ2v) is 7.85. The SMILES string of the molecule is CC(C)(C)C(=O)NC1CCN(Cc2ccc(Cl)cc2Cl)CC1. The van der Waals surface area contributed by atoms with E-state index in [1.807, 2.05) is 32.9 Å². The van der Waals surface area contributed by atoms with E-state index in [2.05, 4.69) is 10.2 Å². The standard InChI is InChI=1S/C17H24Cl2N2O/c1-17(2,3)16(22)20-14-6-8-21(9-7-14)11-12-4-5-13(18)10-15(12)19/h4-5,10,14H,6-9,11H2,1-3H3,(H,20,22). The molecule has 1 fully saturated rings. The topological polar surface area (TPSA) is 32.3 Å². The van der Waals surface area contributed by atoms with Gasteiger partial charge in [0.2, 0.25) is 5.91 Å². The number of carbonyl (C=O) groups excluding carboxylic acids is 1. The molecule has 1 saturated heterocycles. The van der Waals surface area contributed by atoms with Gasteiger partial charge in [0.05, 0.1) is 0 Å². The van der Waals surface area contributed by atoms with Crippen molar-refractivity contribution in [1.82, 2.24) is 10.2 Å². The number of hydrogen-bond donors (Lipinski definition) is 1. The largest absolute Gasteiger partial charge is 0.353 e. The molecule has 0 bridgehead atoms. The van der Waals surface area contributed by atoms with E-state index in [4.69, 9.17) is 23.2 Å². The van der Waals surface area contributed by atoms with Gasteiger partial charge in [0.15, 0.2) is 0 Å². The Morgan fingerprint density at radius 3 is 2.45 bits per heavy atom. The molecule has 1 aliphatic rings. The molecule has 1 aliphatic heterocycles. The van der Waals surface area contributed by atoms with Crippen LogP contribution in [0.1, 0.15) is 39.2 Å². The van der Waals surface area contributed by atoms with E-state index in [0.717, 1.165) is 43.1 Å². The van der Waals surface area contributed by atoms with Gasteiger partial charge in [0, 0.05) is 41.1 Å². The summed E-state index contributed by atoms with van der Waals surface area (Å²) >= 11 is 12.2. The first kappa shape index (κ1) is 17.6. The summed E-state index contributed by atoms with van der Waals surface area (Å²) in [4.78, 5) is 14.4. The summed E-state index contributed by atoms with van der Waals surface area (Å²) in [6.07, 6.45) is 1.96. The summed E-state index contributed by atoms with van der Waals surface area (Å²) in [6, 6.07) is 5.93. The minimum atomic E-state index is -0.325.